The molecule has 0 saturated carbocycles. The Morgan fingerprint density at radius 2 is 1.69 bits per heavy atom. The lowest BCUT2D eigenvalue weighted by atomic mass is 9.96. The van der Waals surface area contributed by atoms with E-state index in [1.54, 1.807) is 30.3 Å². The Hall–Kier alpha value is -3.81. The van der Waals surface area contributed by atoms with E-state index in [2.05, 4.69) is 17.4 Å². The highest BCUT2D eigenvalue weighted by molar-refractivity contribution is 7.99. The molecule has 4 N–H and O–H groups in total. The summed E-state index contributed by atoms with van der Waals surface area (Å²) in [5, 5.41) is 34.8. The van der Waals surface area contributed by atoms with E-state index in [-0.39, 0.29) is 22.8 Å². The number of nitrogens with one attached hydrogen (secondary N) is 1. The lowest BCUT2D eigenvalue weighted by Gasteiger charge is -2.15. The lowest BCUT2D eigenvalue weighted by molar-refractivity contribution is 0.0696. The van der Waals surface area contributed by atoms with Gasteiger partial charge in [0.15, 0.2) is 0 Å². The largest absolute Gasteiger partial charge is 0.508 e. The molecule has 5 rings (SSSR count). The molecule has 0 aliphatic carbocycles. The van der Waals surface area contributed by atoms with E-state index >= 15 is 0 Å². The van der Waals surface area contributed by atoms with Gasteiger partial charge in [-0.3, -0.25) is 4.79 Å². The first-order chi connectivity index (χ1) is 16.9. The van der Waals surface area contributed by atoms with Gasteiger partial charge in [-0.05, 0) is 76.3 Å². The third-order valence-electron chi connectivity index (χ3n) is 6.22. The maximum atomic E-state index is 12.8. The zero-order valence-electron chi connectivity index (χ0n) is 18.7. The number of carboxylic acid groups (broad SMARTS) is 1. The van der Waals surface area contributed by atoms with Crippen LogP contribution in [0.2, 0.25) is 0 Å². The van der Waals surface area contributed by atoms with E-state index in [0.29, 0.717) is 23.1 Å². The number of phenolic OH excluding ortho intramolecular Hbond substituents is 1. The molecule has 4 aromatic rings. The van der Waals surface area contributed by atoms with Gasteiger partial charge in [-0.15, -0.1) is 11.8 Å². The molecule has 0 saturated heterocycles. The normalized spacial score (nSPS) is 13.4. The van der Waals surface area contributed by atoms with E-state index in [1.165, 1.54) is 34.7 Å². The van der Waals surface area contributed by atoms with Gasteiger partial charge in [0.05, 0.1) is 5.56 Å². The van der Waals surface area contributed by atoms with Crippen LogP contribution >= 0.6 is 11.8 Å². The van der Waals surface area contributed by atoms with Crippen LogP contribution < -0.4 is 5.32 Å². The van der Waals surface area contributed by atoms with Crippen molar-refractivity contribution in [3.05, 3.63) is 106 Å². The quantitative estimate of drug-likeness (QED) is 0.309. The van der Waals surface area contributed by atoms with Crippen molar-refractivity contribution in [2.75, 3.05) is 5.75 Å². The smallest absolute Gasteiger partial charge is 0.335 e. The SMILES string of the molecule is O=C(O)c1ccc(C(O)c2cc3cc(C(=O)NCc4ccc5c(c4)CCS5)ccc3cc2O)cc1. The zero-order chi connectivity index (χ0) is 24.5. The first-order valence-electron chi connectivity index (χ1n) is 11.2. The van der Waals surface area contributed by atoms with Crippen molar-refractivity contribution in [2.24, 2.45) is 0 Å². The second-order valence-electron chi connectivity index (χ2n) is 8.53. The van der Waals surface area contributed by atoms with E-state index in [9.17, 15) is 19.8 Å². The summed E-state index contributed by atoms with van der Waals surface area (Å²) in [6.07, 6.45) is -0.102. The Bertz CT molecular complexity index is 1450. The Labute approximate surface area is 206 Å². The number of aliphatic hydroxyl groups excluding tert-OH is 1. The van der Waals surface area contributed by atoms with Gasteiger partial charge in [-0.1, -0.05) is 30.3 Å². The zero-order valence-corrected chi connectivity index (χ0v) is 19.5. The van der Waals surface area contributed by atoms with Crippen molar-refractivity contribution in [1.82, 2.24) is 5.32 Å². The number of thioether (sulfide) groups is 1. The number of carboxylic acids is 1. The Kier molecular flexibility index (Phi) is 6.19. The molecular formula is C28H23NO5S. The Morgan fingerprint density at radius 3 is 2.46 bits per heavy atom. The van der Waals surface area contributed by atoms with E-state index in [1.807, 2.05) is 17.8 Å². The molecule has 0 bridgehead atoms. The molecule has 0 radical (unpaired) electrons. The fraction of sp³-hybridized carbons (Fsp3) is 0.143. The molecule has 1 heterocycles. The van der Waals surface area contributed by atoms with E-state index < -0.39 is 12.1 Å². The number of phenols is 1. The molecule has 1 aliphatic heterocycles. The number of amides is 1. The summed E-state index contributed by atoms with van der Waals surface area (Å²) < 4.78 is 0. The van der Waals surface area contributed by atoms with Gasteiger partial charge in [-0.25, -0.2) is 4.79 Å². The topological polar surface area (TPSA) is 107 Å². The number of aryl methyl sites for hydroxylation is 1. The van der Waals surface area contributed by atoms with Gasteiger partial charge in [0.2, 0.25) is 0 Å². The van der Waals surface area contributed by atoms with Crippen LogP contribution in [0, 0.1) is 0 Å². The van der Waals surface area contributed by atoms with E-state index in [0.717, 1.165) is 23.1 Å². The Morgan fingerprint density at radius 1 is 0.914 bits per heavy atom. The predicted octanol–water partition coefficient (Wildman–Crippen LogP) is 4.90. The summed E-state index contributed by atoms with van der Waals surface area (Å²) in [5.41, 5.74) is 3.70. The highest BCUT2D eigenvalue weighted by atomic mass is 32.2. The number of aromatic hydroxyl groups is 1. The van der Waals surface area contributed by atoms with Crippen LogP contribution in [0.3, 0.4) is 0 Å². The summed E-state index contributed by atoms with van der Waals surface area (Å²) in [5.74, 6) is -0.247. The molecule has 1 unspecified atom stereocenters. The molecule has 7 heteroatoms. The number of hydrogen-bond donors (Lipinski definition) is 4. The Balaban J connectivity index is 1.36. The fourth-order valence-corrected chi connectivity index (χ4v) is 5.34. The highest BCUT2D eigenvalue weighted by Crippen LogP contribution is 2.34. The molecule has 4 aromatic carbocycles. The van der Waals surface area contributed by atoms with Crippen LogP contribution in [0.4, 0.5) is 0 Å². The van der Waals surface area contributed by atoms with Gasteiger partial charge in [-0.2, -0.15) is 0 Å². The second kappa shape index (κ2) is 9.44. The highest BCUT2D eigenvalue weighted by Gasteiger charge is 2.18. The van der Waals surface area contributed by atoms with Crippen molar-refractivity contribution in [3.8, 4) is 5.75 Å². The van der Waals surface area contributed by atoms with Crippen LogP contribution in [0.1, 0.15) is 49.1 Å². The molecule has 176 valence electrons. The van der Waals surface area contributed by atoms with Crippen LogP contribution in [-0.4, -0.2) is 32.9 Å². The molecular weight excluding hydrogens is 462 g/mol. The average molecular weight is 486 g/mol. The van der Waals surface area contributed by atoms with Gasteiger partial charge in [0, 0.05) is 28.3 Å². The van der Waals surface area contributed by atoms with Crippen molar-refractivity contribution in [1.29, 1.82) is 0 Å². The molecule has 35 heavy (non-hydrogen) atoms. The molecule has 1 aliphatic rings. The number of carbonyl (C=O) groups is 2. The van der Waals surface area contributed by atoms with Crippen LogP contribution in [0.15, 0.2) is 77.7 Å². The number of benzene rings is 4. The number of carbonyl (C=O) groups excluding carboxylic acids is 1. The number of aromatic carboxylic acids is 1. The summed E-state index contributed by atoms with van der Waals surface area (Å²) >= 11 is 1.86. The molecule has 6 nitrogen and oxygen atoms in total. The number of hydrogen-bond acceptors (Lipinski definition) is 5. The van der Waals surface area contributed by atoms with Gasteiger partial charge >= 0.3 is 5.97 Å². The first-order valence-corrected chi connectivity index (χ1v) is 12.2. The van der Waals surface area contributed by atoms with Gasteiger partial charge in [0.25, 0.3) is 5.91 Å². The minimum absolute atomic E-state index is 0.0840. The predicted molar refractivity (Wildman–Crippen MR) is 135 cm³/mol. The summed E-state index contributed by atoms with van der Waals surface area (Å²) in [4.78, 5) is 25.2. The van der Waals surface area contributed by atoms with E-state index in [4.69, 9.17) is 5.11 Å². The minimum atomic E-state index is -1.15. The molecule has 1 amide bonds. The number of rotatable bonds is 6. The maximum absolute atomic E-state index is 12.8. The molecule has 0 aromatic heterocycles. The molecule has 1 atom stereocenters. The number of fused-ring (bicyclic) bond motifs is 2. The van der Waals surface area contributed by atoms with Crippen LogP contribution in [-0.2, 0) is 13.0 Å². The third-order valence-corrected chi connectivity index (χ3v) is 7.34. The fourth-order valence-electron chi connectivity index (χ4n) is 4.29. The first kappa shape index (κ1) is 23.0. The summed E-state index contributed by atoms with van der Waals surface area (Å²) in [7, 11) is 0. The second-order valence-corrected chi connectivity index (χ2v) is 9.66. The van der Waals surface area contributed by atoms with Gasteiger partial charge in [0.1, 0.15) is 11.9 Å². The monoisotopic (exact) mass is 485 g/mol. The average Bonchev–Trinajstić information content (AvgIpc) is 3.34. The summed E-state index contributed by atoms with van der Waals surface area (Å²) in [6.45, 7) is 0.431. The standard InChI is InChI=1S/C28H23NO5S/c30-24-14-19-6-7-21(27(32)29-15-16-1-8-25-20(11-16)9-10-35-25)12-22(19)13-23(24)26(31)17-2-4-18(5-3-17)28(33)34/h1-8,11-14,26,30-31H,9-10,15H2,(H,29,32)(H,33,34). The van der Waals surface area contributed by atoms with Crippen molar-refractivity contribution >= 4 is 34.4 Å². The third kappa shape index (κ3) is 4.73. The molecule has 0 fully saturated rings. The van der Waals surface area contributed by atoms with Crippen molar-refractivity contribution in [2.45, 2.75) is 24.0 Å². The number of aliphatic hydroxyl groups is 1. The molecule has 0 spiro atoms. The van der Waals surface area contributed by atoms with Crippen LogP contribution in [0.5, 0.6) is 5.75 Å². The maximum Gasteiger partial charge on any atom is 0.335 e. The van der Waals surface area contributed by atoms with Gasteiger partial charge < -0.3 is 20.6 Å². The minimum Gasteiger partial charge on any atom is -0.508 e. The summed E-state index contributed by atoms with van der Waals surface area (Å²) in [6, 6.07) is 20.5. The van der Waals surface area contributed by atoms with Crippen LogP contribution in [0.25, 0.3) is 10.8 Å². The van der Waals surface area contributed by atoms with Crippen molar-refractivity contribution < 1.29 is 24.9 Å². The van der Waals surface area contributed by atoms with Crippen molar-refractivity contribution in [3.63, 3.8) is 0 Å². The lowest BCUT2D eigenvalue weighted by Crippen LogP contribution is -2.22.